The molecule has 1 saturated heterocycles. The number of Topliss-reactive ketones (excluding diaryl/α,β-unsaturated/α-hetero) is 1. The second-order valence-corrected chi connectivity index (χ2v) is 7.42. The number of rotatable bonds is 2. The number of methoxy groups -OCH3 is 1. The number of carbonyl (C=O) groups is 1. The molecule has 0 unspecified atom stereocenters. The third-order valence-corrected chi connectivity index (χ3v) is 5.65. The van der Waals surface area contributed by atoms with Crippen LogP contribution in [-0.2, 0) is 0 Å². The number of ether oxygens (including phenoxy) is 2. The van der Waals surface area contributed by atoms with E-state index in [0.717, 1.165) is 31.6 Å². The molecule has 0 saturated carbocycles. The molecule has 140 valence electrons. The Balaban J connectivity index is 1.44. The molecule has 0 aromatic heterocycles. The van der Waals surface area contributed by atoms with Crippen molar-refractivity contribution in [3.63, 3.8) is 0 Å². The molecule has 1 spiro atoms. The van der Waals surface area contributed by atoms with Crippen LogP contribution >= 0.6 is 12.2 Å². The lowest BCUT2D eigenvalue weighted by molar-refractivity contribution is 0.00394. The van der Waals surface area contributed by atoms with Gasteiger partial charge in [0.15, 0.2) is 10.9 Å². The third kappa shape index (κ3) is 3.62. The molecular formula is C21H22N2O3S. The largest absolute Gasteiger partial charge is 0.497 e. The Bertz CT molecular complexity index is 861. The number of benzene rings is 2. The van der Waals surface area contributed by atoms with Crippen LogP contribution in [-0.4, -0.2) is 41.6 Å². The Morgan fingerprint density at radius 1 is 1.19 bits per heavy atom. The zero-order valence-corrected chi connectivity index (χ0v) is 16.1. The molecule has 4 rings (SSSR count). The van der Waals surface area contributed by atoms with Crippen LogP contribution < -0.4 is 14.8 Å². The predicted octanol–water partition coefficient (Wildman–Crippen LogP) is 3.89. The normalized spacial score (nSPS) is 17.8. The standard InChI is InChI=1S/C21H22N2O3S/c1-25-16-7-8-17-18(24)14-21(26-19(17)13-16)9-11-23(12-10-21)20(27)22-15-5-3-2-4-6-15/h2-8,13H,9-12,14H2,1H3,(H,22,27). The van der Waals surface area contributed by atoms with Crippen LogP contribution in [0.2, 0.25) is 0 Å². The minimum Gasteiger partial charge on any atom is -0.497 e. The first-order valence-electron chi connectivity index (χ1n) is 9.10. The number of para-hydroxylation sites is 1. The fourth-order valence-corrected chi connectivity index (χ4v) is 4.02. The van der Waals surface area contributed by atoms with Gasteiger partial charge >= 0.3 is 0 Å². The SMILES string of the molecule is COc1ccc2c(c1)OC1(CCN(C(=S)Nc3ccccc3)CC1)CC2=O. The molecular weight excluding hydrogens is 360 g/mol. The van der Waals surface area contributed by atoms with Crippen LogP contribution in [0.4, 0.5) is 5.69 Å². The summed E-state index contributed by atoms with van der Waals surface area (Å²) in [4.78, 5) is 14.8. The number of thiocarbonyl (C=S) groups is 1. The number of fused-ring (bicyclic) bond motifs is 1. The van der Waals surface area contributed by atoms with Gasteiger partial charge in [-0.1, -0.05) is 18.2 Å². The smallest absolute Gasteiger partial charge is 0.173 e. The van der Waals surface area contributed by atoms with Crippen LogP contribution in [0.5, 0.6) is 11.5 Å². The molecule has 1 N–H and O–H groups in total. The Morgan fingerprint density at radius 2 is 1.93 bits per heavy atom. The first kappa shape index (κ1) is 17.8. The van der Waals surface area contributed by atoms with E-state index in [2.05, 4.69) is 10.2 Å². The van der Waals surface area contributed by atoms with Crippen molar-refractivity contribution in [2.45, 2.75) is 24.9 Å². The number of piperidine rings is 1. The average Bonchev–Trinajstić information content (AvgIpc) is 2.68. The van der Waals surface area contributed by atoms with Crippen molar-refractivity contribution in [3.05, 3.63) is 54.1 Å². The summed E-state index contributed by atoms with van der Waals surface area (Å²) in [6.07, 6.45) is 1.93. The first-order chi connectivity index (χ1) is 13.1. The van der Waals surface area contributed by atoms with E-state index in [-0.39, 0.29) is 5.78 Å². The van der Waals surface area contributed by atoms with Gasteiger partial charge in [-0.05, 0) is 36.5 Å². The molecule has 2 aromatic carbocycles. The fourth-order valence-electron chi connectivity index (χ4n) is 3.72. The minimum atomic E-state index is -0.449. The number of anilines is 1. The zero-order valence-electron chi connectivity index (χ0n) is 15.2. The van der Waals surface area contributed by atoms with Gasteiger partial charge < -0.3 is 19.7 Å². The van der Waals surface area contributed by atoms with E-state index < -0.39 is 5.60 Å². The van der Waals surface area contributed by atoms with Crippen molar-refractivity contribution in [2.24, 2.45) is 0 Å². The van der Waals surface area contributed by atoms with E-state index in [0.29, 0.717) is 28.6 Å². The van der Waals surface area contributed by atoms with Crippen molar-refractivity contribution < 1.29 is 14.3 Å². The molecule has 6 heteroatoms. The van der Waals surface area contributed by atoms with E-state index >= 15 is 0 Å². The predicted molar refractivity (Wildman–Crippen MR) is 109 cm³/mol. The quantitative estimate of drug-likeness (QED) is 0.796. The number of hydrogen-bond donors (Lipinski definition) is 1. The second kappa shape index (κ2) is 7.19. The van der Waals surface area contributed by atoms with E-state index in [4.69, 9.17) is 21.7 Å². The summed E-state index contributed by atoms with van der Waals surface area (Å²) in [6, 6.07) is 15.3. The van der Waals surface area contributed by atoms with Crippen LogP contribution in [0.15, 0.2) is 48.5 Å². The summed E-state index contributed by atoms with van der Waals surface area (Å²) >= 11 is 5.56. The van der Waals surface area contributed by atoms with Gasteiger partial charge in [-0.25, -0.2) is 0 Å². The van der Waals surface area contributed by atoms with Gasteiger partial charge in [0.1, 0.15) is 17.1 Å². The summed E-state index contributed by atoms with van der Waals surface area (Å²) < 4.78 is 11.6. The third-order valence-electron chi connectivity index (χ3n) is 5.29. The van der Waals surface area contributed by atoms with Crippen molar-refractivity contribution in [1.82, 2.24) is 4.90 Å². The van der Waals surface area contributed by atoms with Crippen molar-refractivity contribution in [2.75, 3.05) is 25.5 Å². The van der Waals surface area contributed by atoms with E-state index in [1.807, 2.05) is 36.4 Å². The maximum atomic E-state index is 12.6. The molecule has 2 aromatic rings. The number of hydrogen-bond acceptors (Lipinski definition) is 4. The number of likely N-dealkylation sites (tertiary alicyclic amines) is 1. The second-order valence-electron chi connectivity index (χ2n) is 7.03. The Hall–Kier alpha value is -2.60. The lowest BCUT2D eigenvalue weighted by atomic mass is 9.82. The number of nitrogens with zero attached hydrogens (tertiary/aromatic N) is 1. The summed E-state index contributed by atoms with van der Waals surface area (Å²) in [5.41, 5.74) is 1.17. The van der Waals surface area contributed by atoms with Gasteiger partial charge in [0.2, 0.25) is 0 Å². The summed E-state index contributed by atoms with van der Waals surface area (Å²) in [7, 11) is 1.61. The van der Waals surface area contributed by atoms with E-state index in [1.54, 1.807) is 19.2 Å². The number of nitrogens with one attached hydrogen (secondary N) is 1. The Labute approximate surface area is 164 Å². The summed E-state index contributed by atoms with van der Waals surface area (Å²) in [6.45, 7) is 1.51. The highest BCUT2D eigenvalue weighted by atomic mass is 32.1. The van der Waals surface area contributed by atoms with Crippen molar-refractivity contribution >= 4 is 28.8 Å². The van der Waals surface area contributed by atoms with Crippen molar-refractivity contribution in [3.8, 4) is 11.5 Å². The minimum absolute atomic E-state index is 0.136. The lowest BCUT2D eigenvalue weighted by Gasteiger charge is -2.44. The zero-order chi connectivity index (χ0) is 18.9. The maximum absolute atomic E-state index is 12.6. The first-order valence-corrected chi connectivity index (χ1v) is 9.51. The van der Waals surface area contributed by atoms with Gasteiger partial charge in [0, 0.05) is 37.7 Å². The maximum Gasteiger partial charge on any atom is 0.173 e. The van der Waals surface area contributed by atoms with Gasteiger partial charge in [0.05, 0.1) is 19.1 Å². The molecule has 0 aliphatic carbocycles. The fraction of sp³-hybridized carbons (Fsp3) is 0.333. The highest BCUT2D eigenvalue weighted by molar-refractivity contribution is 7.80. The number of ketones is 1. The molecule has 0 radical (unpaired) electrons. The summed E-state index contributed by atoms with van der Waals surface area (Å²) in [5.74, 6) is 1.46. The molecule has 0 amide bonds. The van der Waals surface area contributed by atoms with Gasteiger partial charge in [-0.15, -0.1) is 0 Å². The molecule has 2 aliphatic heterocycles. The van der Waals surface area contributed by atoms with Crippen LogP contribution in [0.3, 0.4) is 0 Å². The number of carbonyl (C=O) groups excluding carboxylic acids is 1. The monoisotopic (exact) mass is 382 g/mol. The van der Waals surface area contributed by atoms with Gasteiger partial charge in [0.25, 0.3) is 0 Å². The highest BCUT2D eigenvalue weighted by Gasteiger charge is 2.43. The lowest BCUT2D eigenvalue weighted by Crippen LogP contribution is -2.53. The summed E-state index contributed by atoms with van der Waals surface area (Å²) in [5, 5.41) is 3.98. The molecule has 2 heterocycles. The van der Waals surface area contributed by atoms with Crippen LogP contribution in [0.25, 0.3) is 0 Å². The molecule has 0 bridgehead atoms. The Morgan fingerprint density at radius 3 is 2.63 bits per heavy atom. The van der Waals surface area contributed by atoms with Gasteiger partial charge in [-0.3, -0.25) is 4.79 Å². The average molecular weight is 382 g/mol. The molecule has 2 aliphatic rings. The molecule has 1 fully saturated rings. The van der Waals surface area contributed by atoms with E-state index in [1.165, 1.54) is 0 Å². The molecule has 27 heavy (non-hydrogen) atoms. The van der Waals surface area contributed by atoms with Crippen LogP contribution in [0, 0.1) is 0 Å². The molecule has 0 atom stereocenters. The van der Waals surface area contributed by atoms with E-state index in [9.17, 15) is 4.79 Å². The molecule has 5 nitrogen and oxygen atoms in total. The van der Waals surface area contributed by atoms with Crippen molar-refractivity contribution in [1.29, 1.82) is 0 Å². The van der Waals surface area contributed by atoms with Gasteiger partial charge in [-0.2, -0.15) is 0 Å². The van der Waals surface area contributed by atoms with Crippen LogP contribution in [0.1, 0.15) is 29.6 Å². The highest BCUT2D eigenvalue weighted by Crippen LogP contribution is 2.40. The topological polar surface area (TPSA) is 50.8 Å². The Kier molecular flexibility index (Phi) is 4.74.